The summed E-state index contributed by atoms with van der Waals surface area (Å²) in [5, 5.41) is 39.2. The van der Waals surface area contributed by atoms with Crippen LogP contribution >= 0.6 is 0 Å². The van der Waals surface area contributed by atoms with Crippen LogP contribution < -0.4 is 0 Å². The fraction of sp³-hybridized carbons (Fsp3) is 0.667. The van der Waals surface area contributed by atoms with E-state index < -0.39 is 61.5 Å². The maximum absolute atomic E-state index is 12.1. The molecule has 0 aromatic carbocycles. The quantitative estimate of drug-likeness (QED) is 0.289. The van der Waals surface area contributed by atoms with Crippen LogP contribution in [0.15, 0.2) is 23.5 Å². The molecule has 2 heterocycles. The molecule has 2 aliphatic heterocycles. The summed E-state index contributed by atoms with van der Waals surface area (Å²) in [7, 11) is 2.39. The Morgan fingerprint density at radius 2 is 1.83 bits per heavy atom. The Morgan fingerprint density at radius 3 is 2.38 bits per heavy atom. The maximum Gasteiger partial charge on any atom is 0.337 e. The van der Waals surface area contributed by atoms with E-state index in [0.717, 1.165) is 6.26 Å². The largest absolute Gasteiger partial charge is 0.469 e. The summed E-state index contributed by atoms with van der Waals surface area (Å²) in [5.74, 6) is -2.08. The molecule has 0 radical (unpaired) electrons. The summed E-state index contributed by atoms with van der Waals surface area (Å²) in [5.41, 5.74) is 0.426. The molecule has 2 rings (SSSR count). The summed E-state index contributed by atoms with van der Waals surface area (Å²) in [4.78, 5) is 23.9. The topological polar surface area (TPSA) is 161 Å². The average molecular weight is 418 g/mol. The van der Waals surface area contributed by atoms with Gasteiger partial charge in [-0.2, -0.15) is 0 Å². The number of esters is 2. The molecule has 0 saturated carbocycles. The molecular weight excluding hydrogens is 392 g/mol. The van der Waals surface area contributed by atoms with E-state index in [1.807, 2.05) is 0 Å². The van der Waals surface area contributed by atoms with Crippen molar-refractivity contribution in [3.8, 4) is 0 Å². The molecule has 1 saturated heterocycles. The fourth-order valence-electron chi connectivity index (χ4n) is 3.18. The standard InChI is InChI=1S/C18H26O11/c1-4-8-9(5-12(20)25-2)10(16(24)26-3)7-27-17(8)29-18-15(23)14(22)13(21)11(6-19)28-18/h4,7,9,11,13-15,17-19,21-23H,5-6H2,1-3H3/b8-4-. The van der Waals surface area contributed by atoms with Crippen LogP contribution in [0.3, 0.4) is 0 Å². The molecular formula is C18H26O11. The molecule has 164 valence electrons. The van der Waals surface area contributed by atoms with Crippen LogP contribution in [-0.4, -0.2) is 90.2 Å². The molecule has 7 unspecified atom stereocenters. The summed E-state index contributed by atoms with van der Waals surface area (Å²) >= 11 is 0. The smallest absolute Gasteiger partial charge is 0.337 e. The van der Waals surface area contributed by atoms with Crippen LogP contribution in [0, 0.1) is 5.92 Å². The molecule has 7 atom stereocenters. The maximum atomic E-state index is 12.1. The van der Waals surface area contributed by atoms with Crippen LogP contribution in [0.5, 0.6) is 0 Å². The van der Waals surface area contributed by atoms with Crippen molar-refractivity contribution in [2.45, 2.75) is 50.3 Å². The van der Waals surface area contributed by atoms with Crippen molar-refractivity contribution in [2.75, 3.05) is 20.8 Å². The van der Waals surface area contributed by atoms with E-state index in [9.17, 15) is 30.0 Å². The van der Waals surface area contributed by atoms with Gasteiger partial charge in [-0.15, -0.1) is 0 Å². The molecule has 0 spiro atoms. The van der Waals surface area contributed by atoms with Crippen molar-refractivity contribution >= 4 is 11.9 Å². The predicted molar refractivity (Wildman–Crippen MR) is 93.7 cm³/mol. The lowest BCUT2D eigenvalue weighted by molar-refractivity contribution is -0.327. The van der Waals surface area contributed by atoms with Crippen LogP contribution in [0.25, 0.3) is 0 Å². The van der Waals surface area contributed by atoms with Gasteiger partial charge < -0.3 is 44.1 Å². The average Bonchev–Trinajstić information content (AvgIpc) is 2.73. The van der Waals surface area contributed by atoms with Crippen molar-refractivity contribution in [3.63, 3.8) is 0 Å². The Bertz CT molecular complexity index is 656. The van der Waals surface area contributed by atoms with Crippen LogP contribution in [0.2, 0.25) is 0 Å². The lowest BCUT2D eigenvalue weighted by Gasteiger charge is -2.41. The Morgan fingerprint density at radius 1 is 1.14 bits per heavy atom. The molecule has 0 amide bonds. The first kappa shape index (κ1) is 23.3. The van der Waals surface area contributed by atoms with Gasteiger partial charge in [-0.3, -0.25) is 4.79 Å². The zero-order chi connectivity index (χ0) is 21.7. The Balaban J connectivity index is 2.27. The van der Waals surface area contributed by atoms with Gasteiger partial charge in [0.2, 0.25) is 6.29 Å². The van der Waals surface area contributed by atoms with Gasteiger partial charge in [0.15, 0.2) is 6.29 Å². The second-order valence-corrected chi connectivity index (χ2v) is 6.49. The van der Waals surface area contributed by atoms with Gasteiger partial charge in [0, 0.05) is 11.5 Å². The fourth-order valence-corrected chi connectivity index (χ4v) is 3.18. The van der Waals surface area contributed by atoms with Crippen molar-refractivity contribution in [2.24, 2.45) is 5.92 Å². The van der Waals surface area contributed by atoms with E-state index in [1.165, 1.54) is 14.2 Å². The monoisotopic (exact) mass is 418 g/mol. The number of methoxy groups -OCH3 is 2. The van der Waals surface area contributed by atoms with Crippen molar-refractivity contribution in [1.29, 1.82) is 0 Å². The number of carbonyl (C=O) groups excluding carboxylic acids is 2. The first-order chi connectivity index (χ1) is 13.8. The number of carbonyl (C=O) groups is 2. The van der Waals surface area contributed by atoms with Gasteiger partial charge in [-0.25, -0.2) is 4.79 Å². The van der Waals surface area contributed by atoms with Gasteiger partial charge in [-0.05, 0) is 6.92 Å². The number of aliphatic hydroxyl groups excluding tert-OH is 4. The Labute approximate surface area is 167 Å². The van der Waals surface area contributed by atoms with Crippen LogP contribution in [0.4, 0.5) is 0 Å². The van der Waals surface area contributed by atoms with E-state index in [2.05, 4.69) is 4.74 Å². The molecule has 11 nitrogen and oxygen atoms in total. The summed E-state index contributed by atoms with van der Waals surface area (Å²) in [6.45, 7) is 1.01. The molecule has 29 heavy (non-hydrogen) atoms. The third-order valence-electron chi connectivity index (χ3n) is 4.83. The molecule has 0 aromatic rings. The van der Waals surface area contributed by atoms with Gasteiger partial charge in [0.1, 0.15) is 24.4 Å². The SMILES string of the molecule is C/C=C1\C(OC2OC(CO)C(O)C(O)C2O)OC=C(C(=O)OC)C1CC(=O)OC. The first-order valence-electron chi connectivity index (χ1n) is 8.91. The zero-order valence-electron chi connectivity index (χ0n) is 16.3. The number of aliphatic hydroxyl groups is 4. The van der Waals surface area contributed by atoms with Gasteiger partial charge in [0.05, 0.1) is 39.1 Å². The number of hydrogen-bond acceptors (Lipinski definition) is 11. The third kappa shape index (κ3) is 4.94. The van der Waals surface area contributed by atoms with E-state index >= 15 is 0 Å². The molecule has 0 bridgehead atoms. The number of rotatable bonds is 6. The van der Waals surface area contributed by atoms with E-state index in [1.54, 1.807) is 13.0 Å². The van der Waals surface area contributed by atoms with Gasteiger partial charge >= 0.3 is 11.9 Å². The van der Waals surface area contributed by atoms with Crippen molar-refractivity contribution in [3.05, 3.63) is 23.5 Å². The third-order valence-corrected chi connectivity index (χ3v) is 4.83. The minimum absolute atomic E-state index is 0.0691. The molecule has 11 heteroatoms. The van der Waals surface area contributed by atoms with Crippen molar-refractivity contribution in [1.82, 2.24) is 0 Å². The van der Waals surface area contributed by atoms with E-state index in [-0.39, 0.29) is 12.0 Å². The van der Waals surface area contributed by atoms with E-state index in [0.29, 0.717) is 5.57 Å². The lowest BCUT2D eigenvalue weighted by Crippen LogP contribution is -2.60. The molecule has 2 aliphatic rings. The van der Waals surface area contributed by atoms with Crippen LogP contribution in [-0.2, 0) is 33.3 Å². The molecule has 0 aromatic heterocycles. The van der Waals surface area contributed by atoms with Crippen LogP contribution in [0.1, 0.15) is 13.3 Å². The second kappa shape index (κ2) is 10.1. The highest BCUT2D eigenvalue weighted by Gasteiger charge is 2.46. The van der Waals surface area contributed by atoms with Gasteiger partial charge in [0.25, 0.3) is 0 Å². The Kier molecular flexibility index (Phi) is 8.14. The highest BCUT2D eigenvalue weighted by Crippen LogP contribution is 2.36. The highest BCUT2D eigenvalue weighted by atomic mass is 16.8. The minimum atomic E-state index is -1.64. The molecule has 0 aliphatic carbocycles. The van der Waals surface area contributed by atoms with Gasteiger partial charge in [-0.1, -0.05) is 6.08 Å². The van der Waals surface area contributed by atoms with E-state index in [4.69, 9.17) is 18.9 Å². The summed E-state index contributed by atoms with van der Waals surface area (Å²) in [6, 6.07) is 0. The number of allylic oxidation sites excluding steroid dienone is 1. The summed E-state index contributed by atoms with van der Waals surface area (Å²) < 4.78 is 25.8. The minimum Gasteiger partial charge on any atom is -0.469 e. The number of ether oxygens (including phenoxy) is 5. The molecule has 4 N–H and O–H groups in total. The number of hydrogen-bond donors (Lipinski definition) is 4. The Hall–Kier alpha value is -2.02. The molecule has 1 fully saturated rings. The second-order valence-electron chi connectivity index (χ2n) is 6.49. The van der Waals surface area contributed by atoms with Crippen molar-refractivity contribution < 1.29 is 53.7 Å². The normalized spacial score (nSPS) is 36.2. The lowest BCUT2D eigenvalue weighted by atomic mass is 9.86. The first-order valence-corrected chi connectivity index (χ1v) is 8.91. The summed E-state index contributed by atoms with van der Waals surface area (Å²) in [6.07, 6.45) is -6.17. The zero-order valence-corrected chi connectivity index (χ0v) is 16.3. The predicted octanol–water partition coefficient (Wildman–Crippen LogP) is -1.66. The highest BCUT2D eigenvalue weighted by molar-refractivity contribution is 5.90.